The summed E-state index contributed by atoms with van der Waals surface area (Å²) in [6.45, 7) is 2.48. The van der Waals surface area contributed by atoms with E-state index in [0.29, 0.717) is 44.7 Å². The predicted octanol–water partition coefficient (Wildman–Crippen LogP) is 1.96. The second-order valence-corrected chi connectivity index (χ2v) is 9.73. The highest BCUT2D eigenvalue weighted by Gasteiger charge is 2.27. The average Bonchev–Trinajstić information content (AvgIpc) is 2.72. The summed E-state index contributed by atoms with van der Waals surface area (Å²) < 4.78 is 27.6. The minimum Gasteiger partial charge on any atom is -0.354 e. The second-order valence-electron chi connectivity index (χ2n) is 6.48. The van der Waals surface area contributed by atoms with E-state index in [0.717, 1.165) is 9.39 Å². The van der Waals surface area contributed by atoms with Gasteiger partial charge in [0.25, 0.3) is 5.91 Å². The minimum atomic E-state index is -3.33. The summed E-state index contributed by atoms with van der Waals surface area (Å²) in [5.74, 6) is 0.729. The van der Waals surface area contributed by atoms with Crippen molar-refractivity contribution in [2.24, 2.45) is 0 Å². The lowest BCUT2D eigenvalue weighted by molar-refractivity contribution is 0.0952. The molecule has 3 rings (SSSR count). The van der Waals surface area contributed by atoms with Crippen LogP contribution in [0, 0.1) is 3.57 Å². The lowest BCUT2D eigenvalue weighted by Gasteiger charge is -2.34. The van der Waals surface area contributed by atoms with Crippen LogP contribution in [0.5, 0.6) is 0 Å². The van der Waals surface area contributed by atoms with Gasteiger partial charge in [0.2, 0.25) is 10.0 Å². The molecular formula is C19H23IN4O3S. The van der Waals surface area contributed by atoms with Gasteiger partial charge in [-0.15, -0.1) is 0 Å². The van der Waals surface area contributed by atoms with Crippen molar-refractivity contribution >= 4 is 44.3 Å². The summed E-state index contributed by atoms with van der Waals surface area (Å²) >= 11 is 2.11. The molecule has 1 N–H and O–H groups in total. The van der Waals surface area contributed by atoms with Crippen molar-refractivity contribution in [3.05, 3.63) is 57.8 Å². The quantitative estimate of drug-likeness (QED) is 0.452. The Hall–Kier alpha value is -1.72. The summed E-state index contributed by atoms with van der Waals surface area (Å²) in [5.41, 5.74) is 0.608. The van der Waals surface area contributed by atoms with E-state index in [1.165, 1.54) is 4.31 Å². The van der Waals surface area contributed by atoms with Crippen molar-refractivity contribution in [2.75, 3.05) is 43.4 Å². The number of amides is 1. The normalized spacial score (nSPS) is 15.4. The monoisotopic (exact) mass is 514 g/mol. The fraction of sp³-hybridized carbons (Fsp3) is 0.368. The van der Waals surface area contributed by atoms with E-state index in [1.807, 2.05) is 36.4 Å². The lowest BCUT2D eigenvalue weighted by Crippen LogP contribution is -2.49. The van der Waals surface area contributed by atoms with E-state index in [1.54, 1.807) is 12.3 Å². The Morgan fingerprint density at radius 2 is 1.79 bits per heavy atom. The third-order valence-corrected chi connectivity index (χ3v) is 7.49. The standard InChI is InChI=1S/C19H23IN4O3S/c20-17-7-2-1-6-16(17)19(25)22-10-5-15-28(26,27)24-13-11-23(12-14-24)18-8-3-4-9-21-18/h1-4,6-9H,5,10-15H2,(H,22,25). The predicted molar refractivity (Wildman–Crippen MR) is 118 cm³/mol. The molecule has 1 aromatic carbocycles. The van der Waals surface area contributed by atoms with E-state index in [9.17, 15) is 13.2 Å². The smallest absolute Gasteiger partial charge is 0.252 e. The number of hydrogen-bond acceptors (Lipinski definition) is 5. The Bertz CT molecular complexity index is 900. The Kier molecular flexibility index (Phi) is 7.24. The molecule has 9 heteroatoms. The molecule has 1 aliphatic heterocycles. The van der Waals surface area contributed by atoms with Gasteiger partial charge in [0.15, 0.2) is 0 Å². The third kappa shape index (κ3) is 5.42. The molecule has 1 saturated heterocycles. The van der Waals surface area contributed by atoms with Crippen LogP contribution in [0.25, 0.3) is 0 Å². The molecule has 0 saturated carbocycles. The fourth-order valence-corrected chi connectivity index (χ4v) is 5.18. The van der Waals surface area contributed by atoms with Crippen LogP contribution in [0.1, 0.15) is 16.8 Å². The highest BCUT2D eigenvalue weighted by atomic mass is 127. The van der Waals surface area contributed by atoms with E-state index in [2.05, 4.69) is 37.8 Å². The first-order valence-electron chi connectivity index (χ1n) is 9.14. The molecule has 0 radical (unpaired) electrons. The largest absolute Gasteiger partial charge is 0.354 e. The molecule has 2 heterocycles. The Morgan fingerprint density at radius 3 is 2.46 bits per heavy atom. The maximum absolute atomic E-state index is 12.6. The average molecular weight is 514 g/mol. The van der Waals surface area contributed by atoms with E-state index in [-0.39, 0.29) is 11.7 Å². The first kappa shape index (κ1) is 21.0. The van der Waals surface area contributed by atoms with Gasteiger partial charge in [-0.2, -0.15) is 4.31 Å². The van der Waals surface area contributed by atoms with Crippen molar-refractivity contribution in [3.8, 4) is 0 Å². The van der Waals surface area contributed by atoms with Crippen molar-refractivity contribution in [3.63, 3.8) is 0 Å². The van der Waals surface area contributed by atoms with E-state index in [4.69, 9.17) is 0 Å². The number of piperazine rings is 1. The van der Waals surface area contributed by atoms with Crippen LogP contribution >= 0.6 is 22.6 Å². The molecule has 0 aliphatic carbocycles. The second kappa shape index (κ2) is 9.66. The van der Waals surface area contributed by atoms with Gasteiger partial charge in [-0.05, 0) is 53.3 Å². The first-order chi connectivity index (χ1) is 13.5. The maximum Gasteiger partial charge on any atom is 0.252 e. The van der Waals surface area contributed by atoms with E-state index >= 15 is 0 Å². The number of anilines is 1. The summed E-state index contributed by atoms with van der Waals surface area (Å²) in [4.78, 5) is 18.6. The number of nitrogens with one attached hydrogen (secondary N) is 1. The Labute approximate surface area is 179 Å². The minimum absolute atomic E-state index is 0.0305. The Morgan fingerprint density at radius 1 is 1.07 bits per heavy atom. The van der Waals surface area contributed by atoms with Gasteiger partial charge in [0.1, 0.15) is 5.82 Å². The van der Waals surface area contributed by atoms with Gasteiger partial charge in [-0.1, -0.05) is 18.2 Å². The van der Waals surface area contributed by atoms with Crippen LogP contribution in [-0.2, 0) is 10.0 Å². The van der Waals surface area contributed by atoms with Gasteiger partial charge >= 0.3 is 0 Å². The molecule has 150 valence electrons. The molecular weight excluding hydrogens is 491 g/mol. The molecule has 0 bridgehead atoms. The van der Waals surface area contributed by atoms with Gasteiger partial charge in [-0.3, -0.25) is 4.79 Å². The molecule has 28 heavy (non-hydrogen) atoms. The van der Waals surface area contributed by atoms with Gasteiger partial charge in [0.05, 0.1) is 11.3 Å². The number of hydrogen-bond donors (Lipinski definition) is 1. The number of benzene rings is 1. The molecule has 7 nitrogen and oxygen atoms in total. The molecule has 1 amide bonds. The summed E-state index contributed by atoms with van der Waals surface area (Å²) in [6.07, 6.45) is 2.13. The zero-order valence-corrected chi connectivity index (χ0v) is 18.4. The number of pyridine rings is 1. The molecule has 1 fully saturated rings. The number of carbonyl (C=O) groups excluding carboxylic acids is 1. The molecule has 1 aliphatic rings. The fourth-order valence-electron chi connectivity index (χ4n) is 3.06. The van der Waals surface area contributed by atoms with Crippen LogP contribution in [0.15, 0.2) is 48.7 Å². The molecule has 1 aromatic heterocycles. The molecule has 0 atom stereocenters. The van der Waals surface area contributed by atoms with Crippen molar-refractivity contribution in [1.29, 1.82) is 0 Å². The van der Waals surface area contributed by atoms with Gasteiger partial charge < -0.3 is 10.2 Å². The topological polar surface area (TPSA) is 82.6 Å². The van der Waals surface area contributed by atoms with Crippen molar-refractivity contribution in [2.45, 2.75) is 6.42 Å². The number of aromatic nitrogens is 1. The number of nitrogens with zero attached hydrogens (tertiary/aromatic N) is 3. The SMILES string of the molecule is O=C(NCCCS(=O)(=O)N1CCN(c2ccccn2)CC1)c1ccccc1I. The summed E-state index contributed by atoms with van der Waals surface area (Å²) in [7, 11) is -3.33. The van der Waals surface area contributed by atoms with Crippen molar-refractivity contribution < 1.29 is 13.2 Å². The van der Waals surface area contributed by atoms with Crippen molar-refractivity contribution in [1.82, 2.24) is 14.6 Å². The Balaban J connectivity index is 1.43. The van der Waals surface area contributed by atoms with Crippen LogP contribution in [0.4, 0.5) is 5.82 Å². The van der Waals surface area contributed by atoms with Crippen LogP contribution in [-0.4, -0.2) is 62.1 Å². The van der Waals surface area contributed by atoms with Crippen LogP contribution in [0.3, 0.4) is 0 Å². The molecule has 0 spiro atoms. The zero-order chi connectivity index (χ0) is 20.0. The third-order valence-electron chi connectivity index (χ3n) is 4.59. The summed E-state index contributed by atoms with van der Waals surface area (Å²) in [5, 5.41) is 2.80. The summed E-state index contributed by atoms with van der Waals surface area (Å²) in [6, 6.07) is 13.0. The van der Waals surface area contributed by atoms with Crippen LogP contribution < -0.4 is 10.2 Å². The highest BCUT2D eigenvalue weighted by Crippen LogP contribution is 2.15. The van der Waals surface area contributed by atoms with Gasteiger partial charge in [0, 0.05) is 42.5 Å². The maximum atomic E-state index is 12.6. The number of rotatable bonds is 7. The number of halogens is 1. The zero-order valence-electron chi connectivity index (χ0n) is 15.4. The molecule has 0 unspecified atom stereocenters. The first-order valence-corrected chi connectivity index (χ1v) is 11.8. The number of sulfonamides is 1. The lowest BCUT2D eigenvalue weighted by atomic mass is 10.2. The van der Waals surface area contributed by atoms with Gasteiger partial charge in [-0.25, -0.2) is 13.4 Å². The van der Waals surface area contributed by atoms with E-state index < -0.39 is 10.0 Å². The number of carbonyl (C=O) groups is 1. The molecule has 2 aromatic rings. The highest BCUT2D eigenvalue weighted by molar-refractivity contribution is 14.1. The van der Waals surface area contributed by atoms with Crippen LogP contribution in [0.2, 0.25) is 0 Å².